The van der Waals surface area contributed by atoms with Gasteiger partial charge in [0.25, 0.3) is 0 Å². The molecule has 0 spiro atoms. The van der Waals surface area contributed by atoms with Gasteiger partial charge in [-0.3, -0.25) is 0 Å². The van der Waals surface area contributed by atoms with Crippen LogP contribution in [0.3, 0.4) is 0 Å². The van der Waals surface area contributed by atoms with Gasteiger partial charge in [0.05, 0.1) is 29.3 Å². The molecule has 0 radical (unpaired) electrons. The molecule has 0 N–H and O–H groups in total. The van der Waals surface area contributed by atoms with E-state index in [1.807, 2.05) is 19.9 Å². The Bertz CT molecular complexity index is 1050. The molecule has 1 aromatic heterocycles. The van der Waals surface area contributed by atoms with Crippen LogP contribution in [0.5, 0.6) is 5.75 Å². The average molecular weight is 479 g/mol. The Kier molecular flexibility index (Phi) is 9.08. The maximum Gasteiger partial charge on any atom is 0.387 e. The molecule has 0 aliphatic heterocycles. The van der Waals surface area contributed by atoms with Gasteiger partial charge in [0.1, 0.15) is 5.75 Å². The number of aromatic nitrogens is 2. The van der Waals surface area contributed by atoms with Gasteiger partial charge in [-0.05, 0) is 63.1 Å². The van der Waals surface area contributed by atoms with Crippen molar-refractivity contribution in [2.45, 2.75) is 57.4 Å². The fourth-order valence-corrected chi connectivity index (χ4v) is 4.23. The number of thioether (sulfide) groups is 1. The number of benzene rings is 2. The third kappa shape index (κ3) is 7.17. The Morgan fingerprint density at radius 2 is 1.91 bits per heavy atom. The molecular weight excluding hydrogens is 450 g/mol. The maximum absolute atomic E-state index is 12.4. The van der Waals surface area contributed by atoms with Crippen LogP contribution in [-0.2, 0) is 21.8 Å². The lowest BCUT2D eigenvalue weighted by Crippen LogP contribution is -2.08. The first-order valence-electron chi connectivity index (χ1n) is 10.8. The van der Waals surface area contributed by atoms with Crippen LogP contribution >= 0.6 is 11.8 Å². The first kappa shape index (κ1) is 25.0. The third-order valence-electron chi connectivity index (χ3n) is 4.72. The summed E-state index contributed by atoms with van der Waals surface area (Å²) in [5.74, 6) is 0.355. The summed E-state index contributed by atoms with van der Waals surface area (Å²) in [6, 6.07) is 12.0. The molecule has 33 heavy (non-hydrogen) atoms. The predicted molar refractivity (Wildman–Crippen MR) is 124 cm³/mol. The van der Waals surface area contributed by atoms with Gasteiger partial charge in [-0.1, -0.05) is 23.9 Å². The number of rotatable bonds is 12. The zero-order chi connectivity index (χ0) is 23.8. The van der Waals surface area contributed by atoms with Gasteiger partial charge in [-0.25, -0.2) is 9.78 Å². The number of imidazole rings is 1. The quantitative estimate of drug-likeness (QED) is 0.183. The van der Waals surface area contributed by atoms with Crippen LogP contribution in [0.25, 0.3) is 11.0 Å². The molecule has 2 aromatic carbocycles. The number of nitrogens with zero attached hydrogens (tertiary/aromatic N) is 2. The Balaban J connectivity index is 1.79. The normalized spacial score (nSPS) is 11.5. The van der Waals surface area contributed by atoms with Crippen molar-refractivity contribution < 1.29 is 27.8 Å². The van der Waals surface area contributed by atoms with Gasteiger partial charge in [0.2, 0.25) is 0 Å². The first-order chi connectivity index (χ1) is 15.9. The number of hydrogen-bond acceptors (Lipinski definition) is 6. The van der Waals surface area contributed by atoms with Gasteiger partial charge in [0.15, 0.2) is 5.16 Å². The third-order valence-corrected chi connectivity index (χ3v) is 5.77. The lowest BCUT2D eigenvalue weighted by molar-refractivity contribution is -0.0498. The molecule has 0 amide bonds. The Hall–Kier alpha value is -2.65. The van der Waals surface area contributed by atoms with Crippen LogP contribution in [0.2, 0.25) is 0 Å². The molecule has 6 nitrogen and oxygen atoms in total. The lowest BCUT2D eigenvalue weighted by Gasteiger charge is -2.11. The van der Waals surface area contributed by atoms with Crippen molar-refractivity contribution in [3.05, 3.63) is 53.6 Å². The SMILES string of the molecule is CCOC(=O)c1ccc2c(c1)nc(SCc1ccc(OC(F)F)cc1)n2CCCOC(C)C. The highest BCUT2D eigenvalue weighted by Gasteiger charge is 2.15. The molecule has 0 saturated carbocycles. The molecule has 0 fully saturated rings. The van der Waals surface area contributed by atoms with E-state index in [9.17, 15) is 13.6 Å². The van der Waals surface area contributed by atoms with Crippen molar-refractivity contribution in [2.24, 2.45) is 0 Å². The Labute approximate surface area is 196 Å². The summed E-state index contributed by atoms with van der Waals surface area (Å²) in [4.78, 5) is 16.9. The number of ether oxygens (including phenoxy) is 3. The molecule has 3 rings (SSSR count). The standard InChI is InChI=1S/C24H28F2N2O4S/c1-4-30-22(29)18-8-11-21-20(14-18)27-24(28(21)12-5-13-31-16(2)3)33-15-17-6-9-19(10-7-17)32-23(25)26/h6-11,14,16,23H,4-5,12-13,15H2,1-3H3. The number of alkyl halides is 2. The second kappa shape index (κ2) is 12.0. The summed E-state index contributed by atoms with van der Waals surface area (Å²) in [5, 5.41) is 0.809. The highest BCUT2D eigenvalue weighted by atomic mass is 32.2. The van der Waals surface area contributed by atoms with E-state index < -0.39 is 6.61 Å². The largest absolute Gasteiger partial charge is 0.462 e. The zero-order valence-electron chi connectivity index (χ0n) is 18.9. The van der Waals surface area contributed by atoms with E-state index in [1.165, 1.54) is 12.1 Å². The summed E-state index contributed by atoms with van der Waals surface area (Å²) in [7, 11) is 0. The summed E-state index contributed by atoms with van der Waals surface area (Å²) in [6.45, 7) is 4.59. The summed E-state index contributed by atoms with van der Waals surface area (Å²) >= 11 is 1.54. The smallest absolute Gasteiger partial charge is 0.387 e. The molecular formula is C24H28F2N2O4S. The fourth-order valence-electron chi connectivity index (χ4n) is 3.23. The molecule has 9 heteroatoms. The minimum Gasteiger partial charge on any atom is -0.462 e. The molecule has 0 bridgehead atoms. The van der Waals surface area contributed by atoms with Crippen LogP contribution in [0.15, 0.2) is 47.6 Å². The van der Waals surface area contributed by atoms with Crippen molar-refractivity contribution in [1.82, 2.24) is 9.55 Å². The molecule has 0 aliphatic carbocycles. The van der Waals surface area contributed by atoms with Gasteiger partial charge in [-0.2, -0.15) is 8.78 Å². The van der Waals surface area contributed by atoms with Crippen molar-refractivity contribution in [3.8, 4) is 5.75 Å². The van der Waals surface area contributed by atoms with Gasteiger partial charge in [-0.15, -0.1) is 0 Å². The molecule has 0 aliphatic rings. The second-order valence-corrected chi connectivity index (χ2v) is 8.50. The Morgan fingerprint density at radius 1 is 1.15 bits per heavy atom. The molecule has 0 atom stereocenters. The monoisotopic (exact) mass is 478 g/mol. The lowest BCUT2D eigenvalue weighted by atomic mass is 10.2. The summed E-state index contributed by atoms with van der Waals surface area (Å²) in [5.41, 5.74) is 3.06. The maximum atomic E-state index is 12.4. The minimum atomic E-state index is -2.84. The highest BCUT2D eigenvalue weighted by Crippen LogP contribution is 2.29. The van der Waals surface area contributed by atoms with Crippen LogP contribution < -0.4 is 4.74 Å². The van der Waals surface area contributed by atoms with E-state index in [0.29, 0.717) is 36.6 Å². The van der Waals surface area contributed by atoms with Gasteiger partial charge < -0.3 is 18.8 Å². The average Bonchev–Trinajstić information content (AvgIpc) is 3.12. The topological polar surface area (TPSA) is 62.6 Å². The zero-order valence-corrected chi connectivity index (χ0v) is 19.7. The molecule has 178 valence electrons. The molecule has 1 heterocycles. The first-order valence-corrected chi connectivity index (χ1v) is 11.8. The Morgan fingerprint density at radius 3 is 2.58 bits per heavy atom. The van der Waals surface area contributed by atoms with Crippen LogP contribution in [0, 0.1) is 0 Å². The van der Waals surface area contributed by atoms with Crippen LogP contribution in [0.1, 0.15) is 43.1 Å². The van der Waals surface area contributed by atoms with E-state index in [0.717, 1.165) is 22.7 Å². The van der Waals surface area contributed by atoms with E-state index >= 15 is 0 Å². The van der Waals surface area contributed by atoms with Crippen LogP contribution in [-0.4, -0.2) is 41.4 Å². The number of esters is 1. The van der Waals surface area contributed by atoms with E-state index in [-0.39, 0.29) is 17.8 Å². The minimum absolute atomic E-state index is 0.127. The molecule has 0 unspecified atom stereocenters. The summed E-state index contributed by atoms with van der Waals surface area (Å²) < 4.78 is 42.0. The van der Waals surface area contributed by atoms with Gasteiger partial charge in [0, 0.05) is 18.9 Å². The number of hydrogen-bond donors (Lipinski definition) is 0. The van der Waals surface area contributed by atoms with E-state index in [4.69, 9.17) is 14.5 Å². The van der Waals surface area contributed by atoms with E-state index in [1.54, 1.807) is 43.0 Å². The number of fused-ring (bicyclic) bond motifs is 1. The van der Waals surface area contributed by atoms with Crippen LogP contribution in [0.4, 0.5) is 8.78 Å². The summed E-state index contributed by atoms with van der Waals surface area (Å²) in [6.07, 6.45) is 0.985. The molecule has 0 saturated heterocycles. The molecule has 3 aromatic rings. The number of aryl methyl sites for hydroxylation is 1. The number of carbonyl (C=O) groups is 1. The van der Waals surface area contributed by atoms with Crippen molar-refractivity contribution in [2.75, 3.05) is 13.2 Å². The predicted octanol–water partition coefficient (Wildman–Crippen LogP) is 5.92. The van der Waals surface area contributed by atoms with Gasteiger partial charge >= 0.3 is 12.6 Å². The van der Waals surface area contributed by atoms with Crippen molar-refractivity contribution >= 4 is 28.8 Å². The van der Waals surface area contributed by atoms with E-state index in [2.05, 4.69) is 9.30 Å². The van der Waals surface area contributed by atoms with Crippen molar-refractivity contribution in [3.63, 3.8) is 0 Å². The second-order valence-electron chi connectivity index (χ2n) is 7.55. The fraction of sp³-hybridized carbons (Fsp3) is 0.417. The number of carbonyl (C=O) groups excluding carboxylic acids is 1. The number of halogens is 2. The highest BCUT2D eigenvalue weighted by molar-refractivity contribution is 7.98. The van der Waals surface area contributed by atoms with Crippen molar-refractivity contribution in [1.29, 1.82) is 0 Å².